The fourth-order valence-electron chi connectivity index (χ4n) is 3.64. The molecule has 152 valence electrons. The van der Waals surface area contributed by atoms with Crippen LogP contribution in [0, 0.1) is 6.92 Å². The maximum absolute atomic E-state index is 13.1. The Hall–Kier alpha value is -3.67. The molecule has 0 saturated carbocycles. The van der Waals surface area contributed by atoms with Gasteiger partial charge >= 0.3 is 6.03 Å². The van der Waals surface area contributed by atoms with E-state index in [0.29, 0.717) is 12.1 Å². The number of carbonyl (C=O) groups excluding carboxylic acids is 3. The van der Waals surface area contributed by atoms with Gasteiger partial charge in [-0.1, -0.05) is 66.2 Å². The van der Waals surface area contributed by atoms with Crippen molar-refractivity contribution in [3.8, 4) is 0 Å². The number of carbonyl (C=O) groups is 3. The van der Waals surface area contributed by atoms with Gasteiger partial charge in [0.2, 0.25) is 5.91 Å². The molecule has 6 nitrogen and oxygen atoms in total. The van der Waals surface area contributed by atoms with Crippen LogP contribution in [-0.4, -0.2) is 29.3 Å². The van der Waals surface area contributed by atoms with E-state index in [1.807, 2.05) is 73.7 Å². The van der Waals surface area contributed by atoms with Gasteiger partial charge in [-0.05, 0) is 41.8 Å². The van der Waals surface area contributed by atoms with Crippen LogP contribution in [0.4, 0.5) is 4.79 Å². The lowest BCUT2D eigenvalue weighted by molar-refractivity contribution is -0.134. The van der Waals surface area contributed by atoms with Crippen molar-refractivity contribution in [1.82, 2.24) is 15.5 Å². The molecule has 1 heterocycles. The minimum Gasteiger partial charge on any atom is -0.350 e. The summed E-state index contributed by atoms with van der Waals surface area (Å²) in [5.41, 5.74) is 1.56. The summed E-state index contributed by atoms with van der Waals surface area (Å²) in [7, 11) is 0. The van der Waals surface area contributed by atoms with Crippen LogP contribution in [0.15, 0.2) is 66.7 Å². The van der Waals surface area contributed by atoms with Gasteiger partial charge < -0.3 is 10.6 Å². The molecule has 1 atom stereocenters. The summed E-state index contributed by atoms with van der Waals surface area (Å²) in [6, 6.07) is 20.7. The number of amides is 4. The van der Waals surface area contributed by atoms with Crippen molar-refractivity contribution in [1.29, 1.82) is 0 Å². The maximum Gasteiger partial charge on any atom is 0.325 e. The van der Waals surface area contributed by atoms with Crippen molar-refractivity contribution >= 4 is 28.6 Å². The van der Waals surface area contributed by atoms with E-state index in [-0.39, 0.29) is 12.5 Å². The first-order chi connectivity index (χ1) is 14.4. The Morgan fingerprint density at radius 2 is 1.70 bits per heavy atom. The topological polar surface area (TPSA) is 78.5 Å². The third kappa shape index (κ3) is 3.64. The number of hydrogen-bond acceptors (Lipinski definition) is 3. The normalized spacial score (nSPS) is 18.5. The van der Waals surface area contributed by atoms with Gasteiger partial charge in [-0.3, -0.25) is 14.5 Å². The first-order valence-electron chi connectivity index (χ1n) is 9.82. The van der Waals surface area contributed by atoms with Crippen molar-refractivity contribution in [2.45, 2.75) is 25.9 Å². The van der Waals surface area contributed by atoms with Gasteiger partial charge in [0.05, 0.1) is 0 Å². The molecule has 0 aliphatic carbocycles. The fourth-order valence-corrected chi connectivity index (χ4v) is 3.64. The summed E-state index contributed by atoms with van der Waals surface area (Å²) in [6.45, 7) is 3.68. The highest BCUT2D eigenvalue weighted by molar-refractivity contribution is 6.09. The van der Waals surface area contributed by atoms with Gasteiger partial charge in [0, 0.05) is 6.54 Å². The van der Waals surface area contributed by atoms with Crippen molar-refractivity contribution in [3.05, 3.63) is 83.4 Å². The number of aryl methyl sites for hydroxylation is 1. The Balaban J connectivity index is 1.47. The minimum atomic E-state index is -1.21. The molecule has 1 aliphatic heterocycles. The van der Waals surface area contributed by atoms with Gasteiger partial charge in [-0.15, -0.1) is 0 Å². The smallest absolute Gasteiger partial charge is 0.325 e. The Kier molecular flexibility index (Phi) is 4.99. The predicted molar refractivity (Wildman–Crippen MR) is 115 cm³/mol. The maximum atomic E-state index is 13.1. The number of hydrogen-bond donors (Lipinski definition) is 2. The van der Waals surface area contributed by atoms with E-state index in [9.17, 15) is 14.4 Å². The molecule has 1 unspecified atom stereocenters. The lowest BCUT2D eigenvalue weighted by atomic mass is 9.90. The van der Waals surface area contributed by atoms with E-state index in [4.69, 9.17) is 0 Å². The average Bonchev–Trinajstić information content (AvgIpc) is 2.97. The highest BCUT2D eigenvalue weighted by Crippen LogP contribution is 2.30. The third-order valence-corrected chi connectivity index (χ3v) is 5.51. The van der Waals surface area contributed by atoms with Gasteiger partial charge in [0.1, 0.15) is 12.1 Å². The van der Waals surface area contributed by atoms with E-state index >= 15 is 0 Å². The number of fused-ring (bicyclic) bond motifs is 1. The lowest BCUT2D eigenvalue weighted by Crippen LogP contribution is -2.43. The van der Waals surface area contributed by atoms with E-state index in [1.165, 1.54) is 0 Å². The Morgan fingerprint density at radius 3 is 2.43 bits per heavy atom. The second-order valence-electron chi connectivity index (χ2n) is 7.77. The standard InChI is InChI=1S/C24H23N3O3/c1-16-7-9-17(10-8-16)14-25-21(28)15-27-22(29)24(2,26-23(27)30)20-12-11-18-5-3-4-6-19(18)13-20/h3-13H,14-15H2,1-2H3,(H,25,28)(H,26,30). The molecule has 4 amide bonds. The molecule has 3 aromatic carbocycles. The van der Waals surface area contributed by atoms with Gasteiger partial charge in [-0.25, -0.2) is 4.79 Å². The zero-order chi connectivity index (χ0) is 21.3. The Labute approximate surface area is 174 Å². The molecule has 2 N–H and O–H groups in total. The Bertz CT molecular complexity index is 1140. The predicted octanol–water partition coefficient (Wildman–Crippen LogP) is 3.23. The third-order valence-electron chi connectivity index (χ3n) is 5.51. The van der Waals surface area contributed by atoms with Crippen LogP contribution >= 0.6 is 0 Å². The van der Waals surface area contributed by atoms with Crippen LogP contribution in [0.2, 0.25) is 0 Å². The summed E-state index contributed by atoms with van der Waals surface area (Å²) in [5.74, 6) is -0.824. The summed E-state index contributed by atoms with van der Waals surface area (Å²) >= 11 is 0. The van der Waals surface area contributed by atoms with E-state index < -0.39 is 17.5 Å². The molecule has 1 fully saturated rings. The van der Waals surface area contributed by atoms with Crippen molar-refractivity contribution in [2.75, 3.05) is 6.54 Å². The van der Waals surface area contributed by atoms with Gasteiger partial charge in [-0.2, -0.15) is 0 Å². The number of urea groups is 1. The van der Waals surface area contributed by atoms with Gasteiger partial charge in [0.25, 0.3) is 5.91 Å². The average molecular weight is 401 g/mol. The summed E-state index contributed by atoms with van der Waals surface area (Å²) in [6.07, 6.45) is 0. The van der Waals surface area contributed by atoms with Crippen LogP contribution in [0.3, 0.4) is 0 Å². The van der Waals surface area contributed by atoms with E-state index in [0.717, 1.165) is 26.8 Å². The molecule has 0 bridgehead atoms. The van der Waals surface area contributed by atoms with Crippen LogP contribution in [0.5, 0.6) is 0 Å². The molecule has 0 aromatic heterocycles. The molecular formula is C24H23N3O3. The monoisotopic (exact) mass is 401 g/mol. The largest absolute Gasteiger partial charge is 0.350 e. The SMILES string of the molecule is Cc1ccc(CNC(=O)CN2C(=O)NC(C)(c3ccc4ccccc4c3)C2=O)cc1. The molecule has 1 aliphatic rings. The Morgan fingerprint density at radius 1 is 1.00 bits per heavy atom. The summed E-state index contributed by atoms with van der Waals surface area (Å²) < 4.78 is 0. The lowest BCUT2D eigenvalue weighted by Gasteiger charge is -2.22. The first kappa shape index (κ1) is 19.6. The fraction of sp³-hybridized carbons (Fsp3) is 0.208. The number of nitrogens with zero attached hydrogens (tertiary/aromatic N) is 1. The molecule has 6 heteroatoms. The molecule has 3 aromatic rings. The zero-order valence-electron chi connectivity index (χ0n) is 16.9. The molecule has 0 radical (unpaired) electrons. The molecule has 30 heavy (non-hydrogen) atoms. The van der Waals surface area contributed by atoms with Crippen LogP contribution in [0.1, 0.15) is 23.6 Å². The van der Waals surface area contributed by atoms with Crippen molar-refractivity contribution in [3.63, 3.8) is 0 Å². The summed E-state index contributed by atoms with van der Waals surface area (Å²) in [5, 5.41) is 7.55. The number of rotatable bonds is 5. The second-order valence-corrected chi connectivity index (χ2v) is 7.77. The second kappa shape index (κ2) is 7.63. The number of imide groups is 1. The van der Waals surface area contributed by atoms with E-state index in [2.05, 4.69) is 10.6 Å². The number of benzene rings is 3. The van der Waals surface area contributed by atoms with E-state index in [1.54, 1.807) is 6.92 Å². The van der Waals surface area contributed by atoms with Gasteiger partial charge in [0.15, 0.2) is 0 Å². The highest BCUT2D eigenvalue weighted by Gasteiger charge is 2.49. The van der Waals surface area contributed by atoms with Crippen molar-refractivity contribution < 1.29 is 14.4 Å². The zero-order valence-corrected chi connectivity index (χ0v) is 16.9. The van der Waals surface area contributed by atoms with Crippen LogP contribution in [0.25, 0.3) is 10.8 Å². The highest BCUT2D eigenvalue weighted by atomic mass is 16.2. The molecule has 0 spiro atoms. The molecular weight excluding hydrogens is 378 g/mol. The van der Waals surface area contributed by atoms with Crippen LogP contribution < -0.4 is 10.6 Å². The first-order valence-corrected chi connectivity index (χ1v) is 9.82. The van der Waals surface area contributed by atoms with Crippen molar-refractivity contribution in [2.24, 2.45) is 0 Å². The quantitative estimate of drug-likeness (QED) is 0.645. The van der Waals surface area contributed by atoms with Crippen LogP contribution in [-0.2, 0) is 21.7 Å². The molecule has 1 saturated heterocycles. The number of nitrogens with one attached hydrogen (secondary N) is 2. The molecule has 4 rings (SSSR count). The summed E-state index contributed by atoms with van der Waals surface area (Å²) in [4.78, 5) is 38.9. The minimum absolute atomic E-state index is 0.320.